The lowest BCUT2D eigenvalue weighted by Gasteiger charge is -2.33. The summed E-state index contributed by atoms with van der Waals surface area (Å²) < 4.78 is 6.12. The maximum absolute atomic E-state index is 12.3. The third-order valence-corrected chi connectivity index (χ3v) is 5.27. The minimum atomic E-state index is 0.216. The summed E-state index contributed by atoms with van der Waals surface area (Å²) in [4.78, 5) is 22.6. The summed E-state index contributed by atoms with van der Waals surface area (Å²) in [6.45, 7) is 2.57. The summed E-state index contributed by atoms with van der Waals surface area (Å²) >= 11 is 0. The van der Waals surface area contributed by atoms with Crippen molar-refractivity contribution in [3.8, 4) is 0 Å². The average molecular weight is 331 g/mol. The van der Waals surface area contributed by atoms with Gasteiger partial charge >= 0.3 is 0 Å². The van der Waals surface area contributed by atoms with Gasteiger partial charge in [0.25, 0.3) is 0 Å². The van der Waals surface area contributed by atoms with Crippen molar-refractivity contribution < 1.29 is 9.53 Å². The molecule has 0 N–H and O–H groups in total. The first-order valence-corrected chi connectivity index (χ1v) is 9.46. The van der Waals surface area contributed by atoms with Crippen molar-refractivity contribution in [2.75, 3.05) is 19.7 Å². The molecule has 5 heteroatoms. The van der Waals surface area contributed by atoms with E-state index >= 15 is 0 Å². The van der Waals surface area contributed by atoms with E-state index in [4.69, 9.17) is 4.74 Å². The molecule has 1 saturated carbocycles. The van der Waals surface area contributed by atoms with Gasteiger partial charge in [0.15, 0.2) is 0 Å². The lowest BCUT2D eigenvalue weighted by atomic mass is 9.90. The fourth-order valence-electron chi connectivity index (χ4n) is 3.73. The Morgan fingerprint density at radius 3 is 2.50 bits per heavy atom. The zero-order valence-electron chi connectivity index (χ0n) is 14.5. The largest absolute Gasteiger partial charge is 0.378 e. The van der Waals surface area contributed by atoms with Gasteiger partial charge in [-0.05, 0) is 37.7 Å². The van der Waals surface area contributed by atoms with E-state index in [0.29, 0.717) is 18.9 Å². The van der Waals surface area contributed by atoms with Crippen LogP contribution in [0.3, 0.4) is 0 Å². The van der Waals surface area contributed by atoms with Crippen LogP contribution in [0.1, 0.15) is 57.2 Å². The van der Waals surface area contributed by atoms with Gasteiger partial charge in [-0.1, -0.05) is 19.3 Å². The van der Waals surface area contributed by atoms with Gasteiger partial charge in [0.1, 0.15) is 5.82 Å². The minimum absolute atomic E-state index is 0.216. The quantitative estimate of drug-likeness (QED) is 0.804. The first kappa shape index (κ1) is 17.3. The number of piperidine rings is 1. The summed E-state index contributed by atoms with van der Waals surface area (Å²) in [5, 5.41) is 0. The number of hydrogen-bond acceptors (Lipinski definition) is 4. The number of likely N-dealkylation sites (tertiary alicyclic amines) is 1. The number of nitrogens with zero attached hydrogens (tertiary/aromatic N) is 3. The molecule has 132 valence electrons. The first-order valence-electron chi connectivity index (χ1n) is 9.46. The van der Waals surface area contributed by atoms with Crippen molar-refractivity contribution >= 4 is 5.91 Å². The predicted octanol–water partition coefficient (Wildman–Crippen LogP) is 3.00. The van der Waals surface area contributed by atoms with E-state index in [9.17, 15) is 4.79 Å². The normalized spacial score (nSPS) is 20.2. The average Bonchev–Trinajstić information content (AvgIpc) is 2.66. The Labute approximate surface area is 144 Å². The van der Waals surface area contributed by atoms with Crippen molar-refractivity contribution in [2.24, 2.45) is 5.92 Å². The van der Waals surface area contributed by atoms with E-state index in [1.807, 2.05) is 4.90 Å². The minimum Gasteiger partial charge on any atom is -0.378 e. The second kappa shape index (κ2) is 9.11. The third kappa shape index (κ3) is 5.26. The number of rotatable bonds is 6. The topological polar surface area (TPSA) is 55.3 Å². The Bertz CT molecular complexity index is 495. The number of hydrogen-bond donors (Lipinski definition) is 0. The molecule has 1 aromatic rings. The molecule has 0 radical (unpaired) electrons. The summed E-state index contributed by atoms with van der Waals surface area (Å²) in [5.74, 6) is 1.73. The fraction of sp³-hybridized carbons (Fsp3) is 0.737. The van der Waals surface area contributed by atoms with Crippen LogP contribution in [0.15, 0.2) is 18.5 Å². The lowest BCUT2D eigenvalue weighted by Crippen LogP contribution is -2.41. The SMILES string of the molecule is O=C(CCc1ncccn1)N1CCC(OCC2CCCCC2)CC1. The number of carbonyl (C=O) groups is 1. The van der Waals surface area contributed by atoms with Crippen LogP contribution < -0.4 is 0 Å². The highest BCUT2D eigenvalue weighted by Gasteiger charge is 2.24. The lowest BCUT2D eigenvalue weighted by molar-refractivity contribution is -0.134. The van der Waals surface area contributed by atoms with Crippen molar-refractivity contribution in [1.29, 1.82) is 0 Å². The van der Waals surface area contributed by atoms with Crippen molar-refractivity contribution in [2.45, 2.75) is 63.9 Å². The molecule has 5 nitrogen and oxygen atoms in total. The van der Waals surface area contributed by atoms with Gasteiger partial charge in [0, 0.05) is 44.9 Å². The number of carbonyl (C=O) groups excluding carboxylic acids is 1. The molecule has 1 aromatic heterocycles. The van der Waals surface area contributed by atoms with Gasteiger partial charge in [0.2, 0.25) is 5.91 Å². The zero-order chi connectivity index (χ0) is 16.6. The molecule has 1 saturated heterocycles. The van der Waals surface area contributed by atoms with E-state index in [0.717, 1.165) is 44.3 Å². The molecule has 0 bridgehead atoms. The summed E-state index contributed by atoms with van der Waals surface area (Å²) in [6, 6.07) is 1.80. The molecule has 0 unspecified atom stereocenters. The molecule has 2 aliphatic rings. The Kier molecular flexibility index (Phi) is 6.58. The van der Waals surface area contributed by atoms with Gasteiger partial charge < -0.3 is 9.64 Å². The van der Waals surface area contributed by atoms with Crippen LogP contribution in [-0.4, -0.2) is 46.6 Å². The van der Waals surface area contributed by atoms with Crippen LogP contribution >= 0.6 is 0 Å². The molecule has 1 aliphatic heterocycles. The highest BCUT2D eigenvalue weighted by molar-refractivity contribution is 5.76. The Morgan fingerprint density at radius 2 is 1.79 bits per heavy atom. The number of ether oxygens (including phenoxy) is 1. The number of amides is 1. The molecular formula is C19H29N3O2. The third-order valence-electron chi connectivity index (χ3n) is 5.27. The molecule has 3 rings (SSSR count). The summed E-state index contributed by atoms with van der Waals surface area (Å²) in [5.41, 5.74) is 0. The van der Waals surface area contributed by atoms with E-state index in [1.165, 1.54) is 32.1 Å². The van der Waals surface area contributed by atoms with E-state index in [2.05, 4.69) is 9.97 Å². The Hall–Kier alpha value is -1.49. The molecule has 2 fully saturated rings. The molecule has 2 heterocycles. The highest BCUT2D eigenvalue weighted by atomic mass is 16.5. The summed E-state index contributed by atoms with van der Waals surface area (Å²) in [7, 11) is 0. The second-order valence-electron chi connectivity index (χ2n) is 7.08. The fourth-order valence-corrected chi connectivity index (χ4v) is 3.73. The standard InChI is InChI=1S/C19H29N3O2/c23-19(8-7-18-20-11-4-12-21-18)22-13-9-17(10-14-22)24-15-16-5-2-1-3-6-16/h4,11-12,16-17H,1-3,5-10,13-15H2. The van der Waals surface area contributed by atoms with E-state index < -0.39 is 0 Å². The Balaban J connectivity index is 1.33. The maximum atomic E-state index is 12.3. The molecule has 1 aliphatic carbocycles. The van der Waals surface area contributed by atoms with E-state index in [-0.39, 0.29) is 5.91 Å². The van der Waals surface area contributed by atoms with Gasteiger partial charge in [-0.3, -0.25) is 4.79 Å². The molecule has 0 aromatic carbocycles. The number of aromatic nitrogens is 2. The highest BCUT2D eigenvalue weighted by Crippen LogP contribution is 2.25. The molecular weight excluding hydrogens is 302 g/mol. The van der Waals surface area contributed by atoms with Crippen LogP contribution in [0.5, 0.6) is 0 Å². The maximum Gasteiger partial charge on any atom is 0.223 e. The van der Waals surface area contributed by atoms with Crippen molar-refractivity contribution in [1.82, 2.24) is 14.9 Å². The zero-order valence-corrected chi connectivity index (χ0v) is 14.5. The van der Waals surface area contributed by atoms with Crippen LogP contribution in [0.2, 0.25) is 0 Å². The Morgan fingerprint density at radius 1 is 1.08 bits per heavy atom. The van der Waals surface area contributed by atoms with Gasteiger partial charge in [-0.15, -0.1) is 0 Å². The van der Waals surface area contributed by atoms with Gasteiger partial charge in [0.05, 0.1) is 6.10 Å². The predicted molar refractivity (Wildman–Crippen MR) is 92.5 cm³/mol. The van der Waals surface area contributed by atoms with Crippen molar-refractivity contribution in [3.05, 3.63) is 24.3 Å². The molecule has 0 atom stereocenters. The second-order valence-corrected chi connectivity index (χ2v) is 7.08. The van der Waals surface area contributed by atoms with Gasteiger partial charge in [-0.25, -0.2) is 9.97 Å². The molecule has 1 amide bonds. The monoisotopic (exact) mass is 331 g/mol. The first-order chi connectivity index (χ1) is 11.8. The van der Waals surface area contributed by atoms with Crippen LogP contribution in [0, 0.1) is 5.92 Å². The molecule has 24 heavy (non-hydrogen) atoms. The van der Waals surface area contributed by atoms with E-state index in [1.54, 1.807) is 18.5 Å². The van der Waals surface area contributed by atoms with Gasteiger partial charge in [-0.2, -0.15) is 0 Å². The molecule has 0 spiro atoms. The number of aryl methyl sites for hydroxylation is 1. The van der Waals surface area contributed by atoms with Crippen molar-refractivity contribution in [3.63, 3.8) is 0 Å². The van der Waals surface area contributed by atoms with Crippen LogP contribution in [0.4, 0.5) is 0 Å². The summed E-state index contributed by atoms with van der Waals surface area (Å²) in [6.07, 6.45) is 13.6. The van der Waals surface area contributed by atoms with Crippen LogP contribution in [0.25, 0.3) is 0 Å². The van der Waals surface area contributed by atoms with Crippen LogP contribution in [-0.2, 0) is 16.0 Å². The smallest absolute Gasteiger partial charge is 0.223 e.